The molecule has 0 saturated heterocycles. The van der Waals surface area contributed by atoms with E-state index in [-0.39, 0.29) is 11.2 Å². The van der Waals surface area contributed by atoms with Crippen molar-refractivity contribution in [2.75, 3.05) is 12.8 Å². The van der Waals surface area contributed by atoms with Gasteiger partial charge in [-0.1, -0.05) is 6.07 Å². The maximum absolute atomic E-state index is 11.0. The van der Waals surface area contributed by atoms with Crippen LogP contribution in [0.15, 0.2) is 29.1 Å². The van der Waals surface area contributed by atoms with Crippen LogP contribution in [0, 0.1) is 0 Å². The molecule has 11 heavy (non-hydrogen) atoms. The molecule has 58 valence electrons. The second kappa shape index (κ2) is 3.05. The Morgan fingerprint density at radius 1 is 1.45 bits per heavy atom. The fourth-order valence-corrected chi connectivity index (χ4v) is 0.759. The summed E-state index contributed by atoms with van der Waals surface area (Å²) in [6.45, 7) is 0. The van der Waals surface area contributed by atoms with Gasteiger partial charge in [0.1, 0.15) is 0 Å². The van der Waals surface area contributed by atoms with Crippen molar-refractivity contribution in [2.24, 2.45) is 0 Å². The van der Waals surface area contributed by atoms with E-state index in [9.17, 15) is 4.79 Å². The van der Waals surface area contributed by atoms with Crippen molar-refractivity contribution in [3.05, 3.63) is 34.5 Å². The van der Waals surface area contributed by atoms with Crippen LogP contribution in [0.25, 0.3) is 0 Å². The van der Waals surface area contributed by atoms with E-state index in [4.69, 9.17) is 10.5 Å². The van der Waals surface area contributed by atoms with Gasteiger partial charge >= 0.3 is 0 Å². The number of nitrogen functional groups attached to an aromatic ring is 1. The van der Waals surface area contributed by atoms with Gasteiger partial charge in [-0.25, -0.2) is 0 Å². The molecule has 0 bridgehead atoms. The number of anilines is 1. The third-order valence-electron chi connectivity index (χ3n) is 1.30. The molecule has 0 aliphatic rings. The smallest absolute Gasteiger partial charge is 0.220 e. The zero-order valence-corrected chi connectivity index (χ0v) is 6.20. The highest BCUT2D eigenvalue weighted by atomic mass is 16.5. The Morgan fingerprint density at radius 3 is 2.82 bits per heavy atom. The van der Waals surface area contributed by atoms with Crippen molar-refractivity contribution in [1.29, 1.82) is 0 Å². The van der Waals surface area contributed by atoms with Gasteiger partial charge in [0.05, 0.1) is 7.11 Å². The average Bonchev–Trinajstić information content (AvgIpc) is 2.13. The zero-order chi connectivity index (χ0) is 8.27. The van der Waals surface area contributed by atoms with Crippen molar-refractivity contribution < 1.29 is 4.74 Å². The van der Waals surface area contributed by atoms with Crippen LogP contribution in [0.1, 0.15) is 0 Å². The molecule has 1 aromatic rings. The minimum Gasteiger partial charge on any atom is -0.493 e. The van der Waals surface area contributed by atoms with E-state index < -0.39 is 0 Å². The fraction of sp³-hybridized carbons (Fsp3) is 0.125. The molecule has 0 unspecified atom stereocenters. The predicted molar refractivity (Wildman–Crippen MR) is 43.7 cm³/mol. The molecule has 0 heterocycles. The zero-order valence-electron chi connectivity index (χ0n) is 6.20. The Labute approximate surface area is 64.4 Å². The molecule has 0 aliphatic carbocycles. The van der Waals surface area contributed by atoms with E-state index in [0.717, 1.165) is 0 Å². The SMILES string of the molecule is COc1cc(N)cccc1=O. The first-order valence-corrected chi connectivity index (χ1v) is 3.18. The molecule has 0 saturated carbocycles. The standard InChI is InChI=1S/C8H9NO2/c1-11-8-5-6(9)3-2-4-7(8)10/h2-5H,9H2,1H3. The Balaban J connectivity index is 3.37. The van der Waals surface area contributed by atoms with Gasteiger partial charge in [0.2, 0.25) is 5.43 Å². The van der Waals surface area contributed by atoms with E-state index in [0.29, 0.717) is 5.69 Å². The Hall–Kier alpha value is -1.51. The summed E-state index contributed by atoms with van der Waals surface area (Å²) in [5.74, 6) is 0.271. The summed E-state index contributed by atoms with van der Waals surface area (Å²) in [5.41, 5.74) is 5.82. The van der Waals surface area contributed by atoms with Crippen LogP contribution in [0.2, 0.25) is 0 Å². The maximum atomic E-state index is 11.0. The van der Waals surface area contributed by atoms with Gasteiger partial charge in [-0.15, -0.1) is 0 Å². The third-order valence-corrected chi connectivity index (χ3v) is 1.30. The second-order valence-corrected chi connectivity index (χ2v) is 2.10. The van der Waals surface area contributed by atoms with E-state index in [1.54, 1.807) is 12.1 Å². The van der Waals surface area contributed by atoms with Crippen LogP contribution >= 0.6 is 0 Å². The lowest BCUT2D eigenvalue weighted by Crippen LogP contribution is -1.99. The molecule has 0 spiro atoms. The largest absolute Gasteiger partial charge is 0.493 e. The summed E-state index contributed by atoms with van der Waals surface area (Å²) in [5, 5.41) is 0. The first-order chi connectivity index (χ1) is 5.24. The van der Waals surface area contributed by atoms with Crippen LogP contribution in [0.5, 0.6) is 5.75 Å². The quantitative estimate of drug-likeness (QED) is 0.640. The molecular weight excluding hydrogens is 142 g/mol. The lowest BCUT2D eigenvalue weighted by atomic mass is 10.4. The van der Waals surface area contributed by atoms with Gasteiger partial charge in [-0.2, -0.15) is 0 Å². The van der Waals surface area contributed by atoms with Crippen LogP contribution in [0.4, 0.5) is 5.69 Å². The molecule has 3 heteroatoms. The minimum absolute atomic E-state index is 0.163. The molecule has 0 radical (unpaired) electrons. The van der Waals surface area contributed by atoms with Crippen molar-refractivity contribution in [1.82, 2.24) is 0 Å². The number of hydrogen-bond donors (Lipinski definition) is 1. The molecular formula is C8H9NO2. The summed E-state index contributed by atoms with van der Waals surface area (Å²) in [6.07, 6.45) is 0. The lowest BCUT2D eigenvalue weighted by Gasteiger charge is -1.92. The maximum Gasteiger partial charge on any atom is 0.220 e. The number of rotatable bonds is 1. The van der Waals surface area contributed by atoms with Gasteiger partial charge in [-0.3, -0.25) is 4.79 Å². The molecule has 0 aromatic heterocycles. The van der Waals surface area contributed by atoms with Gasteiger partial charge in [-0.05, 0) is 12.1 Å². The normalized spacial score (nSPS) is 9.18. The molecule has 1 aromatic carbocycles. The molecule has 1 rings (SSSR count). The molecule has 0 atom stereocenters. The van der Waals surface area contributed by atoms with Crippen molar-refractivity contribution in [3.63, 3.8) is 0 Å². The van der Waals surface area contributed by atoms with Crippen molar-refractivity contribution in [2.45, 2.75) is 0 Å². The highest BCUT2D eigenvalue weighted by molar-refractivity contribution is 5.41. The number of methoxy groups -OCH3 is 1. The monoisotopic (exact) mass is 151 g/mol. The highest BCUT2D eigenvalue weighted by Crippen LogP contribution is 2.05. The van der Waals surface area contributed by atoms with E-state index in [2.05, 4.69) is 0 Å². The fourth-order valence-electron chi connectivity index (χ4n) is 0.759. The Morgan fingerprint density at radius 2 is 2.18 bits per heavy atom. The number of nitrogens with two attached hydrogens (primary N) is 1. The third kappa shape index (κ3) is 1.70. The van der Waals surface area contributed by atoms with Crippen LogP contribution in [-0.4, -0.2) is 7.11 Å². The minimum atomic E-state index is -0.163. The van der Waals surface area contributed by atoms with Crippen LogP contribution < -0.4 is 15.9 Å². The van der Waals surface area contributed by atoms with E-state index in [1.807, 2.05) is 0 Å². The average molecular weight is 151 g/mol. The predicted octanol–water partition coefficient (Wildman–Crippen LogP) is 0.638. The summed E-state index contributed by atoms with van der Waals surface area (Å²) in [7, 11) is 1.44. The lowest BCUT2D eigenvalue weighted by molar-refractivity contribution is 0.411. The van der Waals surface area contributed by atoms with Crippen molar-refractivity contribution >= 4 is 5.69 Å². The van der Waals surface area contributed by atoms with Gasteiger partial charge in [0.15, 0.2) is 5.75 Å². The number of ether oxygens (including phenoxy) is 1. The molecule has 2 N–H and O–H groups in total. The van der Waals surface area contributed by atoms with Crippen LogP contribution in [0.3, 0.4) is 0 Å². The van der Waals surface area contributed by atoms with Gasteiger partial charge in [0, 0.05) is 11.8 Å². The Kier molecular flexibility index (Phi) is 2.11. The van der Waals surface area contributed by atoms with Crippen molar-refractivity contribution in [3.8, 4) is 5.75 Å². The highest BCUT2D eigenvalue weighted by Gasteiger charge is 1.94. The molecule has 3 nitrogen and oxygen atoms in total. The van der Waals surface area contributed by atoms with Gasteiger partial charge in [0.25, 0.3) is 0 Å². The summed E-state index contributed by atoms with van der Waals surface area (Å²) >= 11 is 0. The second-order valence-electron chi connectivity index (χ2n) is 2.10. The molecule has 0 amide bonds. The first-order valence-electron chi connectivity index (χ1n) is 3.18. The van der Waals surface area contributed by atoms with Gasteiger partial charge < -0.3 is 10.5 Å². The van der Waals surface area contributed by atoms with E-state index >= 15 is 0 Å². The molecule has 0 aliphatic heterocycles. The number of hydrogen-bond acceptors (Lipinski definition) is 3. The summed E-state index contributed by atoms with van der Waals surface area (Å²) < 4.78 is 4.79. The summed E-state index contributed by atoms with van der Waals surface area (Å²) in [6, 6.07) is 6.15. The van der Waals surface area contributed by atoms with E-state index in [1.165, 1.54) is 19.2 Å². The first kappa shape index (κ1) is 7.60. The molecule has 0 fully saturated rings. The topological polar surface area (TPSA) is 52.3 Å². The Bertz CT molecular complexity index is 309. The van der Waals surface area contributed by atoms with Crippen LogP contribution in [-0.2, 0) is 0 Å². The summed E-state index contributed by atoms with van der Waals surface area (Å²) in [4.78, 5) is 11.0.